The Morgan fingerprint density at radius 2 is 1.71 bits per heavy atom. The third-order valence-electron chi connectivity index (χ3n) is 7.39. The van der Waals surface area contributed by atoms with Crippen LogP contribution in [0.3, 0.4) is 0 Å². The van der Waals surface area contributed by atoms with Gasteiger partial charge in [-0.15, -0.1) is 0 Å². The maximum atomic E-state index is 12.6. The molecule has 6 rings (SSSR count). The molecule has 0 radical (unpaired) electrons. The number of hydrazine groups is 1. The standard InChI is InChI=1S/C22H28N4O4S/c1-13(23-20-17-4-2-3-5-18(17)31(29,30)26-20)21(28)25-24-19(27)12-22-9-14-6-15(10-22)8-16(7-14)11-22/h2-5,13-16H,6-12H2,1H3,(H,23,26)(H,24,27)(H,25,28)/t13-,14?,15?,16?,22?/m0/s1. The third-order valence-corrected chi connectivity index (χ3v) is 8.79. The summed E-state index contributed by atoms with van der Waals surface area (Å²) in [6.45, 7) is 1.56. The fourth-order valence-corrected chi connectivity index (χ4v) is 7.85. The van der Waals surface area contributed by atoms with Gasteiger partial charge in [0, 0.05) is 12.0 Å². The quantitative estimate of drug-likeness (QED) is 0.615. The normalized spacial score (nSPS) is 34.1. The van der Waals surface area contributed by atoms with E-state index in [0.717, 1.165) is 37.0 Å². The van der Waals surface area contributed by atoms with Crippen LogP contribution in [0, 0.1) is 23.2 Å². The second-order valence-electron chi connectivity index (χ2n) is 9.89. The minimum atomic E-state index is -3.66. The molecule has 5 aliphatic rings. The zero-order valence-corrected chi connectivity index (χ0v) is 18.4. The van der Waals surface area contributed by atoms with Gasteiger partial charge in [0.1, 0.15) is 11.9 Å². The van der Waals surface area contributed by atoms with Crippen molar-refractivity contribution in [3.8, 4) is 0 Å². The van der Waals surface area contributed by atoms with E-state index >= 15 is 0 Å². The number of fused-ring (bicyclic) bond motifs is 1. The molecule has 4 saturated carbocycles. The van der Waals surface area contributed by atoms with Gasteiger partial charge in [-0.1, -0.05) is 12.1 Å². The smallest absolute Gasteiger partial charge is 0.263 e. The molecular weight excluding hydrogens is 416 g/mol. The molecule has 4 fully saturated rings. The second kappa shape index (κ2) is 7.32. The van der Waals surface area contributed by atoms with Crippen LogP contribution in [-0.2, 0) is 19.6 Å². The highest BCUT2D eigenvalue weighted by Crippen LogP contribution is 2.61. The lowest BCUT2D eigenvalue weighted by Gasteiger charge is -2.56. The highest BCUT2D eigenvalue weighted by Gasteiger charge is 2.51. The molecule has 1 atom stereocenters. The number of amidine groups is 1. The summed E-state index contributed by atoms with van der Waals surface area (Å²) in [6.07, 6.45) is 7.80. The molecule has 0 spiro atoms. The van der Waals surface area contributed by atoms with E-state index in [4.69, 9.17) is 0 Å². The Bertz CT molecular complexity index is 1030. The predicted octanol–water partition coefficient (Wildman–Crippen LogP) is 1.87. The largest absolute Gasteiger partial charge is 0.273 e. The molecule has 31 heavy (non-hydrogen) atoms. The first-order valence-electron chi connectivity index (χ1n) is 11.0. The fraction of sp³-hybridized carbons (Fsp3) is 0.591. The second-order valence-corrected chi connectivity index (χ2v) is 11.5. The van der Waals surface area contributed by atoms with Gasteiger partial charge in [0.05, 0.1) is 4.90 Å². The van der Waals surface area contributed by atoms with Crippen LogP contribution in [0.4, 0.5) is 0 Å². The maximum absolute atomic E-state index is 12.6. The van der Waals surface area contributed by atoms with E-state index in [1.807, 2.05) is 0 Å². The molecule has 0 saturated heterocycles. The number of benzene rings is 1. The van der Waals surface area contributed by atoms with Gasteiger partial charge in [-0.2, -0.15) is 0 Å². The van der Waals surface area contributed by atoms with E-state index < -0.39 is 22.0 Å². The third kappa shape index (κ3) is 3.84. The molecule has 166 valence electrons. The molecule has 1 aliphatic heterocycles. The van der Waals surface area contributed by atoms with E-state index in [1.54, 1.807) is 25.1 Å². The van der Waals surface area contributed by atoms with Gasteiger partial charge in [-0.05, 0) is 80.8 Å². The Morgan fingerprint density at radius 1 is 1.10 bits per heavy atom. The van der Waals surface area contributed by atoms with Crippen LogP contribution in [0.1, 0.15) is 57.4 Å². The minimum Gasteiger partial charge on any atom is -0.273 e. The lowest BCUT2D eigenvalue weighted by Crippen LogP contribution is -2.51. The first-order chi connectivity index (χ1) is 14.7. The van der Waals surface area contributed by atoms with Crippen molar-refractivity contribution in [2.45, 2.75) is 62.8 Å². The number of carbonyl (C=O) groups is 2. The summed E-state index contributed by atoms with van der Waals surface area (Å²) in [5, 5.41) is 0. The van der Waals surface area contributed by atoms with Crippen molar-refractivity contribution in [2.24, 2.45) is 28.2 Å². The zero-order valence-electron chi connectivity index (χ0n) is 17.6. The number of rotatable bonds is 4. The lowest BCUT2D eigenvalue weighted by atomic mass is 9.49. The highest BCUT2D eigenvalue weighted by molar-refractivity contribution is 7.90. The molecule has 8 nitrogen and oxygen atoms in total. The predicted molar refractivity (Wildman–Crippen MR) is 114 cm³/mol. The first kappa shape index (κ1) is 20.5. The number of hydrogen-bond donors (Lipinski definition) is 3. The Labute approximate surface area is 182 Å². The summed E-state index contributed by atoms with van der Waals surface area (Å²) in [7, 11) is -3.66. The summed E-state index contributed by atoms with van der Waals surface area (Å²) in [5.74, 6) is 1.78. The van der Waals surface area contributed by atoms with E-state index in [0.29, 0.717) is 12.0 Å². The molecule has 0 unspecified atom stereocenters. The van der Waals surface area contributed by atoms with Crippen LogP contribution < -0.4 is 15.6 Å². The molecule has 3 N–H and O–H groups in total. The fourth-order valence-electron chi connectivity index (χ4n) is 6.61. The van der Waals surface area contributed by atoms with Crippen LogP contribution in [0.2, 0.25) is 0 Å². The van der Waals surface area contributed by atoms with Gasteiger partial charge in [-0.3, -0.25) is 30.2 Å². The molecule has 1 aromatic rings. The van der Waals surface area contributed by atoms with Crippen molar-refractivity contribution in [2.75, 3.05) is 0 Å². The molecule has 0 aromatic heterocycles. The summed E-state index contributed by atoms with van der Waals surface area (Å²) >= 11 is 0. The SMILES string of the molecule is C[C@H](N=C1NS(=O)(=O)c2ccccc21)C(=O)NNC(=O)CC12CC3CC(CC(C3)C1)C2. The van der Waals surface area contributed by atoms with Crippen molar-refractivity contribution < 1.29 is 18.0 Å². The van der Waals surface area contributed by atoms with Crippen molar-refractivity contribution in [3.05, 3.63) is 29.8 Å². The zero-order chi connectivity index (χ0) is 21.8. The van der Waals surface area contributed by atoms with E-state index in [1.165, 1.54) is 25.3 Å². The topological polar surface area (TPSA) is 117 Å². The first-order valence-corrected chi connectivity index (χ1v) is 12.5. The maximum Gasteiger partial charge on any atom is 0.263 e. The molecule has 1 heterocycles. The highest BCUT2D eigenvalue weighted by atomic mass is 32.2. The molecule has 1 aromatic carbocycles. The summed E-state index contributed by atoms with van der Waals surface area (Å²) in [5.41, 5.74) is 5.55. The summed E-state index contributed by atoms with van der Waals surface area (Å²) in [4.78, 5) is 29.4. The average Bonchev–Trinajstić information content (AvgIpc) is 2.95. The monoisotopic (exact) mass is 444 g/mol. The van der Waals surface area contributed by atoms with Crippen molar-refractivity contribution in [1.29, 1.82) is 0 Å². The number of aliphatic imine (C=N–C) groups is 1. The molecule has 2 amide bonds. The lowest BCUT2D eigenvalue weighted by molar-refractivity contribution is -0.134. The number of amides is 2. The summed E-state index contributed by atoms with van der Waals surface area (Å²) in [6, 6.07) is 5.62. The minimum absolute atomic E-state index is 0.0985. The van der Waals surface area contributed by atoms with Crippen LogP contribution in [0.5, 0.6) is 0 Å². The number of sulfonamides is 1. The number of hydrogen-bond acceptors (Lipinski definition) is 5. The molecule has 9 heteroatoms. The van der Waals surface area contributed by atoms with E-state index in [9.17, 15) is 18.0 Å². The van der Waals surface area contributed by atoms with Crippen molar-refractivity contribution >= 4 is 27.7 Å². The van der Waals surface area contributed by atoms with Gasteiger partial charge < -0.3 is 0 Å². The van der Waals surface area contributed by atoms with Crippen molar-refractivity contribution in [3.63, 3.8) is 0 Å². The summed E-state index contributed by atoms with van der Waals surface area (Å²) < 4.78 is 26.8. The number of nitrogens with one attached hydrogen (secondary N) is 3. The van der Waals surface area contributed by atoms with Gasteiger partial charge >= 0.3 is 0 Å². The Morgan fingerprint density at radius 3 is 2.35 bits per heavy atom. The van der Waals surface area contributed by atoms with Gasteiger partial charge in [0.25, 0.3) is 15.9 Å². The Hall–Kier alpha value is -2.42. The number of carbonyl (C=O) groups excluding carboxylic acids is 2. The Balaban J connectivity index is 1.19. The van der Waals surface area contributed by atoms with Gasteiger partial charge in [0.15, 0.2) is 0 Å². The van der Waals surface area contributed by atoms with Gasteiger partial charge in [-0.25, -0.2) is 8.42 Å². The van der Waals surface area contributed by atoms with Crippen LogP contribution in [0.15, 0.2) is 34.2 Å². The Kier molecular flexibility index (Phi) is 4.84. The molecule has 4 bridgehead atoms. The van der Waals surface area contributed by atoms with Crippen molar-refractivity contribution in [1.82, 2.24) is 15.6 Å². The van der Waals surface area contributed by atoms with Crippen LogP contribution in [0.25, 0.3) is 0 Å². The number of nitrogens with zero attached hydrogens (tertiary/aromatic N) is 1. The molecule has 4 aliphatic carbocycles. The average molecular weight is 445 g/mol. The van der Waals surface area contributed by atoms with Crippen LogP contribution >= 0.6 is 0 Å². The van der Waals surface area contributed by atoms with Crippen LogP contribution in [-0.4, -0.2) is 32.1 Å². The van der Waals surface area contributed by atoms with E-state index in [2.05, 4.69) is 20.6 Å². The van der Waals surface area contributed by atoms with E-state index in [-0.39, 0.29) is 22.1 Å². The molecular formula is C22H28N4O4S. The van der Waals surface area contributed by atoms with Gasteiger partial charge in [0.2, 0.25) is 5.91 Å².